The lowest BCUT2D eigenvalue weighted by Crippen LogP contribution is -2.41. The predicted octanol–water partition coefficient (Wildman–Crippen LogP) is 3.22. The van der Waals surface area contributed by atoms with Crippen LogP contribution < -0.4 is 15.6 Å². The van der Waals surface area contributed by atoms with E-state index in [0.29, 0.717) is 11.4 Å². The number of carbonyl (C=O) groups excluding carboxylic acids is 2. The molecule has 0 aliphatic heterocycles. The molecule has 0 atom stereocenters. The molecule has 4 rings (SSSR count). The first-order chi connectivity index (χ1) is 15.9. The minimum absolute atomic E-state index is 0.0111. The molecule has 0 aliphatic rings. The molecule has 9 nitrogen and oxygen atoms in total. The largest absolute Gasteiger partial charge is 0.355 e. The van der Waals surface area contributed by atoms with Crippen molar-refractivity contribution in [2.24, 2.45) is 0 Å². The molecule has 0 fully saturated rings. The highest BCUT2D eigenvalue weighted by molar-refractivity contribution is 7.92. The predicted molar refractivity (Wildman–Crippen MR) is 121 cm³/mol. The highest BCUT2D eigenvalue weighted by Gasteiger charge is 2.17. The average molecular weight is 462 g/mol. The Hall–Kier alpha value is -4.44. The normalized spacial score (nSPS) is 10.9. The van der Waals surface area contributed by atoms with Crippen molar-refractivity contribution in [3.63, 3.8) is 0 Å². The number of hydrogen-bond donors (Lipinski definition) is 3. The minimum Gasteiger partial charge on any atom is -0.355 e. The van der Waals surface area contributed by atoms with E-state index >= 15 is 0 Å². The SMILES string of the molecule is O=C(NNC(=O)c1cc(-c2ccccc2)on1)c1ccc(S(=O)(=O)Nc2ccccc2)cc1. The van der Waals surface area contributed by atoms with Crippen LogP contribution in [-0.4, -0.2) is 25.4 Å². The van der Waals surface area contributed by atoms with Gasteiger partial charge in [0.2, 0.25) is 0 Å². The van der Waals surface area contributed by atoms with Gasteiger partial charge in [-0.15, -0.1) is 0 Å². The molecule has 3 N–H and O–H groups in total. The van der Waals surface area contributed by atoms with Crippen molar-refractivity contribution in [3.05, 3.63) is 102 Å². The summed E-state index contributed by atoms with van der Waals surface area (Å²) in [6.45, 7) is 0. The Morgan fingerprint density at radius 3 is 2.03 bits per heavy atom. The topological polar surface area (TPSA) is 130 Å². The lowest BCUT2D eigenvalue weighted by Gasteiger charge is -2.09. The number of rotatable bonds is 6. The molecule has 0 radical (unpaired) electrons. The Balaban J connectivity index is 1.36. The van der Waals surface area contributed by atoms with Crippen LogP contribution >= 0.6 is 0 Å². The zero-order valence-corrected chi connectivity index (χ0v) is 17.9. The molecular formula is C23H18N4O5S. The van der Waals surface area contributed by atoms with Crippen molar-refractivity contribution in [3.8, 4) is 11.3 Å². The Morgan fingerprint density at radius 1 is 0.758 bits per heavy atom. The van der Waals surface area contributed by atoms with Gasteiger partial charge in [0.15, 0.2) is 11.5 Å². The second-order valence-corrected chi connectivity index (χ2v) is 8.53. The molecule has 1 heterocycles. The molecular weight excluding hydrogens is 444 g/mol. The summed E-state index contributed by atoms with van der Waals surface area (Å²) in [5, 5.41) is 3.70. The van der Waals surface area contributed by atoms with Gasteiger partial charge >= 0.3 is 0 Å². The molecule has 3 aromatic carbocycles. The number of aromatic nitrogens is 1. The fraction of sp³-hybridized carbons (Fsp3) is 0. The Kier molecular flexibility index (Phi) is 6.18. The van der Waals surface area contributed by atoms with E-state index in [1.54, 1.807) is 30.3 Å². The highest BCUT2D eigenvalue weighted by Crippen LogP contribution is 2.19. The molecule has 10 heteroatoms. The number of hydrogen-bond acceptors (Lipinski definition) is 6. The first-order valence-electron chi connectivity index (χ1n) is 9.73. The average Bonchev–Trinajstić information content (AvgIpc) is 3.34. The van der Waals surface area contributed by atoms with Crippen molar-refractivity contribution in [1.29, 1.82) is 0 Å². The maximum atomic E-state index is 12.5. The Bertz CT molecular complexity index is 1370. The minimum atomic E-state index is -3.81. The molecule has 0 unspecified atom stereocenters. The number of nitrogens with one attached hydrogen (secondary N) is 3. The third kappa shape index (κ3) is 5.25. The van der Waals surface area contributed by atoms with E-state index < -0.39 is 21.8 Å². The van der Waals surface area contributed by atoms with E-state index in [1.807, 2.05) is 30.3 Å². The number of hydrazine groups is 1. The van der Waals surface area contributed by atoms with Gasteiger partial charge in [-0.1, -0.05) is 53.7 Å². The molecule has 2 amide bonds. The molecule has 4 aromatic rings. The van der Waals surface area contributed by atoms with Gasteiger partial charge in [0, 0.05) is 22.9 Å². The van der Waals surface area contributed by atoms with Gasteiger partial charge in [0.05, 0.1) is 4.90 Å². The summed E-state index contributed by atoms with van der Waals surface area (Å²) < 4.78 is 32.6. The standard InChI is InChI=1S/C23H18N4O5S/c28-22(24-25-23(29)20-15-21(32-26-20)16-7-3-1-4-8-16)17-11-13-19(14-12-17)33(30,31)27-18-9-5-2-6-10-18/h1-15,27H,(H,24,28)(H,25,29). The highest BCUT2D eigenvalue weighted by atomic mass is 32.2. The van der Waals surface area contributed by atoms with Crippen LogP contribution in [0.2, 0.25) is 0 Å². The lowest BCUT2D eigenvalue weighted by atomic mass is 10.1. The molecule has 0 bridgehead atoms. The summed E-state index contributed by atoms with van der Waals surface area (Å²) >= 11 is 0. The van der Waals surface area contributed by atoms with Gasteiger partial charge in [0.25, 0.3) is 21.8 Å². The summed E-state index contributed by atoms with van der Waals surface area (Å²) in [6.07, 6.45) is 0. The summed E-state index contributed by atoms with van der Waals surface area (Å²) in [5.74, 6) is -0.886. The number of para-hydroxylation sites is 1. The number of anilines is 1. The van der Waals surface area contributed by atoms with Gasteiger partial charge in [-0.25, -0.2) is 8.42 Å². The van der Waals surface area contributed by atoms with E-state index in [1.165, 1.54) is 30.3 Å². The van der Waals surface area contributed by atoms with Crippen molar-refractivity contribution in [2.75, 3.05) is 4.72 Å². The van der Waals surface area contributed by atoms with Gasteiger partial charge in [0.1, 0.15) is 0 Å². The van der Waals surface area contributed by atoms with Gasteiger partial charge in [-0.2, -0.15) is 0 Å². The summed E-state index contributed by atoms with van der Waals surface area (Å²) in [6, 6.07) is 24.3. The first-order valence-corrected chi connectivity index (χ1v) is 11.2. The van der Waals surface area contributed by atoms with Crippen molar-refractivity contribution < 1.29 is 22.5 Å². The van der Waals surface area contributed by atoms with Gasteiger partial charge in [-0.05, 0) is 36.4 Å². The lowest BCUT2D eigenvalue weighted by molar-refractivity contribution is 0.0841. The molecule has 166 valence electrons. The van der Waals surface area contributed by atoms with Gasteiger partial charge < -0.3 is 4.52 Å². The van der Waals surface area contributed by atoms with E-state index in [2.05, 4.69) is 20.7 Å². The zero-order chi connectivity index (χ0) is 23.3. The quantitative estimate of drug-likeness (QED) is 0.377. The molecule has 0 spiro atoms. The third-order valence-corrected chi connectivity index (χ3v) is 5.94. The molecule has 1 aromatic heterocycles. The van der Waals surface area contributed by atoms with Crippen LogP contribution in [0.5, 0.6) is 0 Å². The first kappa shape index (κ1) is 21.8. The van der Waals surface area contributed by atoms with Crippen molar-refractivity contribution >= 4 is 27.5 Å². The number of sulfonamides is 1. The summed E-state index contributed by atoms with van der Waals surface area (Å²) in [5.41, 5.74) is 5.82. The fourth-order valence-electron chi connectivity index (χ4n) is 2.88. The zero-order valence-electron chi connectivity index (χ0n) is 17.1. The molecule has 0 saturated heterocycles. The fourth-order valence-corrected chi connectivity index (χ4v) is 3.93. The van der Waals surface area contributed by atoms with E-state index in [0.717, 1.165) is 5.56 Å². The second-order valence-electron chi connectivity index (χ2n) is 6.85. The van der Waals surface area contributed by atoms with E-state index in [9.17, 15) is 18.0 Å². The second kappa shape index (κ2) is 9.37. The van der Waals surface area contributed by atoms with Gasteiger partial charge in [-0.3, -0.25) is 25.2 Å². The van der Waals surface area contributed by atoms with Crippen LogP contribution in [-0.2, 0) is 10.0 Å². The maximum Gasteiger partial charge on any atom is 0.291 e. The maximum absolute atomic E-state index is 12.5. The third-order valence-electron chi connectivity index (χ3n) is 4.54. The smallest absolute Gasteiger partial charge is 0.291 e. The number of nitrogens with zero attached hydrogens (tertiary/aromatic N) is 1. The van der Waals surface area contributed by atoms with E-state index in [4.69, 9.17) is 4.52 Å². The molecule has 33 heavy (non-hydrogen) atoms. The Morgan fingerprint density at radius 2 is 1.36 bits per heavy atom. The molecule has 0 aliphatic carbocycles. The van der Waals surface area contributed by atoms with Crippen LogP contribution in [0.25, 0.3) is 11.3 Å². The van der Waals surface area contributed by atoms with Crippen LogP contribution in [0, 0.1) is 0 Å². The van der Waals surface area contributed by atoms with Crippen molar-refractivity contribution in [1.82, 2.24) is 16.0 Å². The summed E-state index contributed by atoms with van der Waals surface area (Å²) in [4.78, 5) is 24.6. The Labute approximate surface area is 189 Å². The molecule has 0 saturated carbocycles. The van der Waals surface area contributed by atoms with E-state index in [-0.39, 0.29) is 16.2 Å². The number of amides is 2. The number of benzene rings is 3. The van der Waals surface area contributed by atoms with Crippen LogP contribution in [0.15, 0.2) is 100 Å². The monoisotopic (exact) mass is 462 g/mol. The van der Waals surface area contributed by atoms with Crippen molar-refractivity contribution in [2.45, 2.75) is 4.90 Å². The summed E-state index contributed by atoms with van der Waals surface area (Å²) in [7, 11) is -3.81. The van der Waals surface area contributed by atoms with Crippen LogP contribution in [0.1, 0.15) is 20.8 Å². The van der Waals surface area contributed by atoms with Crippen LogP contribution in [0.3, 0.4) is 0 Å². The van der Waals surface area contributed by atoms with Crippen LogP contribution in [0.4, 0.5) is 5.69 Å². The number of carbonyl (C=O) groups is 2.